The van der Waals surface area contributed by atoms with Crippen LogP contribution in [0.15, 0.2) is 59.3 Å². The number of nitrogens with zero attached hydrogens (tertiary/aromatic N) is 4. The number of alkyl carbamates (subject to hydrolysis) is 2. The number of fused-ring (bicyclic) bond motifs is 1. The molecule has 2 aliphatic rings. The van der Waals surface area contributed by atoms with Gasteiger partial charge in [0.15, 0.2) is 0 Å². The highest BCUT2D eigenvalue weighted by molar-refractivity contribution is 6.33. The average Bonchev–Trinajstić information content (AvgIpc) is 4.06. The van der Waals surface area contributed by atoms with E-state index in [1.54, 1.807) is 16.0 Å². The number of rotatable bonds is 11. The number of halogens is 1. The lowest BCUT2D eigenvalue weighted by molar-refractivity contribution is -0.136. The minimum atomic E-state index is -0.716. The van der Waals surface area contributed by atoms with Crippen molar-refractivity contribution < 1.29 is 33.1 Å². The summed E-state index contributed by atoms with van der Waals surface area (Å²) in [5, 5.41) is 6.74. The molecule has 0 unspecified atom stereocenters. The van der Waals surface area contributed by atoms with Gasteiger partial charge >= 0.3 is 12.2 Å². The zero-order chi connectivity index (χ0) is 41.2. The van der Waals surface area contributed by atoms with E-state index in [4.69, 9.17) is 30.5 Å². The van der Waals surface area contributed by atoms with Gasteiger partial charge in [-0.3, -0.25) is 9.59 Å². The van der Waals surface area contributed by atoms with Crippen molar-refractivity contribution in [3.8, 4) is 33.8 Å². The first-order valence-electron chi connectivity index (χ1n) is 19.6. The van der Waals surface area contributed by atoms with Crippen molar-refractivity contribution in [2.24, 2.45) is 11.8 Å². The molecule has 7 rings (SSSR count). The second-order valence-corrected chi connectivity index (χ2v) is 15.9. The number of amides is 4. The zero-order valence-electron chi connectivity index (χ0n) is 33.4. The summed E-state index contributed by atoms with van der Waals surface area (Å²) >= 11 is 6.89. The largest absolute Gasteiger partial charge is 0.456 e. The molecule has 0 radical (unpaired) electrons. The molecule has 2 aromatic carbocycles. The normalized spacial score (nSPS) is 17.9. The monoisotopic (exact) mass is 812 g/mol. The standard InChI is InChI=1S/C42H49ClN8O7/c1-22(2)35(48-41(54)56-5)39(52)50-15-7-9-31(50)37-44-20-29(46-37)24-12-14-33-26(17-24)19-34(58-33)27-13-11-25(18-28(27)43)30-21-45-38(47-30)32-10-8-16-51(32)40(53)36(23(3)4)49-42(55)57-6/h11-14,17-23,31-32,35-36H,7-10,15-16H2,1-6H3,(H,44,46)(H,45,47)(H,48,54)(H,49,55)/t31-,32-,35-,36-/m0/s1. The van der Waals surface area contributed by atoms with Crippen LogP contribution in [0.1, 0.15) is 77.1 Å². The maximum atomic E-state index is 13.6. The summed E-state index contributed by atoms with van der Waals surface area (Å²) in [7, 11) is 2.56. The number of aromatic amines is 2. The van der Waals surface area contributed by atoms with Gasteiger partial charge in [-0.2, -0.15) is 0 Å². The summed E-state index contributed by atoms with van der Waals surface area (Å²) in [6.07, 6.45) is 5.44. The molecule has 3 aromatic heterocycles. The van der Waals surface area contributed by atoms with Crippen molar-refractivity contribution in [1.82, 2.24) is 40.4 Å². The summed E-state index contributed by atoms with van der Waals surface area (Å²) in [4.78, 5) is 70.9. The fourth-order valence-electron chi connectivity index (χ4n) is 7.91. The summed E-state index contributed by atoms with van der Waals surface area (Å²) in [6, 6.07) is 11.6. The Balaban J connectivity index is 1.06. The molecule has 5 aromatic rings. The van der Waals surface area contributed by atoms with E-state index >= 15 is 0 Å². The van der Waals surface area contributed by atoms with Crippen LogP contribution in [0.4, 0.5) is 9.59 Å². The van der Waals surface area contributed by atoms with Gasteiger partial charge in [0, 0.05) is 41.4 Å². The fourth-order valence-corrected chi connectivity index (χ4v) is 8.19. The Kier molecular flexibility index (Phi) is 11.8. The lowest BCUT2D eigenvalue weighted by Crippen LogP contribution is -2.51. The van der Waals surface area contributed by atoms with Crippen LogP contribution in [0.2, 0.25) is 5.02 Å². The third kappa shape index (κ3) is 8.13. The summed E-state index contributed by atoms with van der Waals surface area (Å²) in [6.45, 7) is 8.68. The fraction of sp³-hybridized carbons (Fsp3) is 0.429. The van der Waals surface area contributed by atoms with Crippen LogP contribution in [-0.4, -0.2) is 93.1 Å². The van der Waals surface area contributed by atoms with Crippen molar-refractivity contribution in [2.75, 3.05) is 27.3 Å². The average molecular weight is 813 g/mol. The molecule has 16 heteroatoms. The number of H-pyrrole nitrogens is 2. The minimum Gasteiger partial charge on any atom is -0.456 e. The molecule has 4 amide bonds. The number of hydrogen-bond donors (Lipinski definition) is 4. The van der Waals surface area contributed by atoms with Gasteiger partial charge in [-0.05, 0) is 73.9 Å². The SMILES string of the molecule is COC(=O)N[C@H](C(=O)N1CCC[C@H]1c1nc(-c2ccc(-c3cc4cc(-c5cnc([C@@H]6CCCN6C(=O)[C@@H](NC(=O)OC)C(C)C)[nH]5)ccc4o3)c(Cl)c2)c[nH]1)C(C)C. The van der Waals surface area contributed by atoms with Crippen LogP contribution in [0.5, 0.6) is 0 Å². The Morgan fingerprint density at radius 3 is 2.02 bits per heavy atom. The molecule has 4 atom stereocenters. The predicted octanol–water partition coefficient (Wildman–Crippen LogP) is 7.62. The molecule has 0 aliphatic carbocycles. The number of carbonyl (C=O) groups is 4. The highest BCUT2D eigenvalue weighted by atomic mass is 35.5. The molecule has 2 fully saturated rings. The number of benzene rings is 2. The quantitative estimate of drug-likeness (QED) is 0.104. The first-order chi connectivity index (χ1) is 27.9. The first kappa shape index (κ1) is 40.4. The van der Waals surface area contributed by atoms with Gasteiger partial charge in [-0.25, -0.2) is 19.6 Å². The number of imidazole rings is 2. The van der Waals surface area contributed by atoms with Gasteiger partial charge in [-0.1, -0.05) is 45.4 Å². The second-order valence-electron chi connectivity index (χ2n) is 15.5. The van der Waals surface area contributed by atoms with E-state index in [0.717, 1.165) is 53.5 Å². The number of aromatic nitrogens is 4. The number of hydrogen-bond acceptors (Lipinski definition) is 9. The van der Waals surface area contributed by atoms with E-state index in [9.17, 15) is 19.2 Å². The predicted molar refractivity (Wildman–Crippen MR) is 218 cm³/mol. The van der Waals surface area contributed by atoms with Gasteiger partial charge in [0.2, 0.25) is 11.8 Å². The number of methoxy groups -OCH3 is 2. The van der Waals surface area contributed by atoms with E-state index in [0.29, 0.717) is 46.8 Å². The van der Waals surface area contributed by atoms with Crippen LogP contribution in [0, 0.1) is 11.8 Å². The van der Waals surface area contributed by atoms with Crippen LogP contribution in [0.3, 0.4) is 0 Å². The number of nitrogens with one attached hydrogen (secondary N) is 4. The van der Waals surface area contributed by atoms with E-state index in [-0.39, 0.29) is 35.7 Å². The van der Waals surface area contributed by atoms with Gasteiger partial charge in [0.25, 0.3) is 0 Å². The molecule has 306 valence electrons. The van der Waals surface area contributed by atoms with Crippen molar-refractivity contribution in [3.63, 3.8) is 0 Å². The Labute approximate surface area is 341 Å². The Morgan fingerprint density at radius 2 is 1.43 bits per heavy atom. The molecule has 5 heterocycles. The van der Waals surface area contributed by atoms with E-state index < -0.39 is 24.3 Å². The molecular weight excluding hydrogens is 764 g/mol. The third-order valence-electron chi connectivity index (χ3n) is 11.0. The van der Waals surface area contributed by atoms with Crippen molar-refractivity contribution in [1.29, 1.82) is 0 Å². The second kappa shape index (κ2) is 16.9. The van der Waals surface area contributed by atoms with Crippen molar-refractivity contribution in [2.45, 2.75) is 77.5 Å². The summed E-state index contributed by atoms with van der Waals surface area (Å²) in [5.74, 6) is 1.38. The number of ether oxygens (including phenoxy) is 2. The molecule has 0 spiro atoms. The lowest BCUT2D eigenvalue weighted by Gasteiger charge is -2.30. The lowest BCUT2D eigenvalue weighted by atomic mass is 10.0. The van der Waals surface area contributed by atoms with Crippen LogP contribution >= 0.6 is 11.6 Å². The first-order valence-corrected chi connectivity index (χ1v) is 20.0. The number of likely N-dealkylation sites (tertiary alicyclic amines) is 2. The van der Waals surface area contributed by atoms with Crippen molar-refractivity contribution >= 4 is 46.6 Å². The highest BCUT2D eigenvalue weighted by Gasteiger charge is 2.39. The molecule has 2 saturated heterocycles. The van der Waals surface area contributed by atoms with Gasteiger partial charge in [-0.15, -0.1) is 0 Å². The number of carbonyl (C=O) groups excluding carboxylic acids is 4. The van der Waals surface area contributed by atoms with Crippen LogP contribution in [-0.2, 0) is 19.1 Å². The highest BCUT2D eigenvalue weighted by Crippen LogP contribution is 2.38. The number of furan rings is 1. The third-order valence-corrected chi connectivity index (χ3v) is 11.3. The van der Waals surface area contributed by atoms with E-state index in [1.807, 2.05) is 76.4 Å². The molecular formula is C42H49ClN8O7. The van der Waals surface area contributed by atoms with Gasteiger partial charge in [0.1, 0.15) is 35.1 Å². The minimum absolute atomic E-state index is 0.125. The summed E-state index contributed by atoms with van der Waals surface area (Å²) < 4.78 is 15.8. The van der Waals surface area contributed by atoms with Crippen LogP contribution in [0.25, 0.3) is 44.8 Å². The van der Waals surface area contributed by atoms with E-state index in [1.165, 1.54) is 14.2 Å². The Morgan fingerprint density at radius 1 is 0.828 bits per heavy atom. The molecule has 4 N–H and O–H groups in total. The Hall–Kier alpha value is -5.83. The molecule has 2 aliphatic heterocycles. The van der Waals surface area contributed by atoms with E-state index in [2.05, 4.69) is 25.6 Å². The van der Waals surface area contributed by atoms with Gasteiger partial charge < -0.3 is 44.3 Å². The maximum Gasteiger partial charge on any atom is 0.407 e. The maximum absolute atomic E-state index is 13.6. The van der Waals surface area contributed by atoms with Gasteiger partial charge in [0.05, 0.1) is 48.9 Å². The molecule has 0 saturated carbocycles. The zero-order valence-corrected chi connectivity index (χ0v) is 34.2. The molecule has 58 heavy (non-hydrogen) atoms. The van der Waals surface area contributed by atoms with Crippen molar-refractivity contribution in [3.05, 3.63) is 71.5 Å². The smallest absolute Gasteiger partial charge is 0.407 e. The Bertz CT molecular complexity index is 2310. The molecule has 15 nitrogen and oxygen atoms in total. The topological polar surface area (TPSA) is 188 Å². The molecule has 0 bridgehead atoms. The van der Waals surface area contributed by atoms with Crippen LogP contribution < -0.4 is 10.6 Å². The summed E-state index contributed by atoms with van der Waals surface area (Å²) in [5.41, 5.74) is 4.61.